The summed E-state index contributed by atoms with van der Waals surface area (Å²) in [6.07, 6.45) is 13.2. The summed E-state index contributed by atoms with van der Waals surface area (Å²) < 4.78 is 11.5. The molecule has 0 aliphatic carbocycles. The molecule has 0 amide bonds. The van der Waals surface area contributed by atoms with Crippen molar-refractivity contribution in [3.8, 4) is 5.75 Å². The molecule has 0 N–H and O–H groups in total. The van der Waals surface area contributed by atoms with Gasteiger partial charge < -0.3 is 9.47 Å². The second kappa shape index (κ2) is 17.5. The topological polar surface area (TPSA) is 60.2 Å². The van der Waals surface area contributed by atoms with Crippen molar-refractivity contribution in [3.63, 3.8) is 0 Å². The number of hydrogen-bond acceptors (Lipinski definition) is 5. The Morgan fingerprint density at radius 3 is 1.86 bits per heavy atom. The number of esters is 1. The van der Waals surface area contributed by atoms with Crippen molar-refractivity contribution in [2.45, 2.75) is 104 Å². The van der Waals surface area contributed by atoms with Gasteiger partial charge in [-0.3, -0.25) is 0 Å². The van der Waals surface area contributed by atoms with Crippen LogP contribution < -0.4 is 4.74 Å². The first-order chi connectivity index (χ1) is 17.5. The zero-order valence-corrected chi connectivity index (χ0v) is 22.5. The Labute approximate surface area is 218 Å². The summed E-state index contributed by atoms with van der Waals surface area (Å²) in [5.41, 5.74) is 3.25. The van der Waals surface area contributed by atoms with Gasteiger partial charge in [0.2, 0.25) is 6.29 Å². The van der Waals surface area contributed by atoms with Crippen molar-refractivity contribution in [2.75, 3.05) is 0 Å². The molecule has 0 aliphatic rings. The summed E-state index contributed by atoms with van der Waals surface area (Å²) in [6.45, 7) is 9.76. The zero-order valence-electron chi connectivity index (χ0n) is 22.5. The Balaban J connectivity index is 1.86. The molecule has 2 aromatic rings. The average Bonchev–Trinajstić information content (AvgIpc) is 2.89. The largest absolute Gasteiger partial charge is 0.455 e. The lowest BCUT2D eigenvalue weighted by Gasteiger charge is -2.19. The molecule has 0 saturated carbocycles. The Kier molecular flexibility index (Phi) is 14.2. The number of ether oxygens (including phenoxy) is 2. The normalized spacial score (nSPS) is 12.0. The van der Waals surface area contributed by atoms with Gasteiger partial charge >= 0.3 is 5.97 Å². The van der Waals surface area contributed by atoms with E-state index in [4.69, 9.17) is 9.47 Å². The van der Waals surface area contributed by atoms with E-state index in [1.807, 2.05) is 36.4 Å². The van der Waals surface area contributed by atoms with Gasteiger partial charge in [0.05, 0.1) is 11.4 Å². The van der Waals surface area contributed by atoms with Gasteiger partial charge in [0, 0.05) is 12.0 Å². The molecular weight excluding hydrogens is 448 g/mol. The van der Waals surface area contributed by atoms with E-state index in [2.05, 4.69) is 42.8 Å². The molecule has 1 atom stereocenters. The van der Waals surface area contributed by atoms with Crippen LogP contribution in [0, 0.1) is 0 Å². The minimum absolute atomic E-state index is 0.369. The van der Waals surface area contributed by atoms with Crippen LogP contribution >= 0.6 is 0 Å². The average molecular weight is 493 g/mol. The smallest absolute Gasteiger partial charge is 0.336 e. The maximum atomic E-state index is 12.1. The van der Waals surface area contributed by atoms with Crippen LogP contribution in [-0.4, -0.2) is 12.3 Å². The molecule has 5 heteroatoms. The number of azo groups is 1. The van der Waals surface area contributed by atoms with E-state index in [1.165, 1.54) is 56.9 Å². The van der Waals surface area contributed by atoms with E-state index >= 15 is 0 Å². The van der Waals surface area contributed by atoms with Crippen LogP contribution in [0.4, 0.5) is 11.4 Å². The molecule has 0 saturated heterocycles. The standard InChI is InChI=1S/C31H44N2O3/c1-5-7-9-10-11-12-13-14-16-30(36-31(34)25(3)4)35-29-23-21-28(22-24-29)33-32-27-19-17-26(18-20-27)15-8-6-2/h17-24,30H,3,5-16H2,1-2,4H3/b33-32+. The van der Waals surface area contributed by atoms with Crippen molar-refractivity contribution in [3.05, 3.63) is 66.2 Å². The number of benzene rings is 2. The Morgan fingerprint density at radius 2 is 1.31 bits per heavy atom. The molecular formula is C31H44N2O3. The molecule has 5 nitrogen and oxygen atoms in total. The summed E-state index contributed by atoms with van der Waals surface area (Å²) in [4.78, 5) is 12.1. The van der Waals surface area contributed by atoms with Crippen LogP contribution in [0.1, 0.15) is 97.0 Å². The molecule has 2 aromatic carbocycles. The SMILES string of the molecule is C=C(C)C(=O)OC(CCCCCCCCCC)Oc1ccc(/N=N/c2ccc(CCCC)cc2)cc1. The van der Waals surface area contributed by atoms with Crippen molar-refractivity contribution in [2.24, 2.45) is 10.2 Å². The Morgan fingerprint density at radius 1 is 0.778 bits per heavy atom. The fourth-order valence-electron chi connectivity index (χ4n) is 3.78. The third kappa shape index (κ3) is 12.1. The second-order valence-electron chi connectivity index (χ2n) is 9.46. The van der Waals surface area contributed by atoms with E-state index in [9.17, 15) is 4.79 Å². The highest BCUT2D eigenvalue weighted by Gasteiger charge is 2.16. The lowest BCUT2D eigenvalue weighted by Crippen LogP contribution is -2.24. The molecule has 0 aliphatic heterocycles. The summed E-state index contributed by atoms with van der Waals surface area (Å²) in [6, 6.07) is 15.6. The molecule has 1 unspecified atom stereocenters. The third-order valence-electron chi connectivity index (χ3n) is 6.02. The van der Waals surface area contributed by atoms with E-state index < -0.39 is 12.3 Å². The van der Waals surface area contributed by atoms with Gasteiger partial charge in [-0.2, -0.15) is 10.2 Å². The van der Waals surface area contributed by atoms with Gasteiger partial charge in [0.1, 0.15) is 5.75 Å². The lowest BCUT2D eigenvalue weighted by molar-refractivity contribution is -0.159. The maximum Gasteiger partial charge on any atom is 0.336 e. The van der Waals surface area contributed by atoms with Crippen LogP contribution in [0.15, 0.2) is 70.9 Å². The van der Waals surface area contributed by atoms with Gasteiger partial charge in [-0.25, -0.2) is 4.79 Å². The summed E-state index contributed by atoms with van der Waals surface area (Å²) in [7, 11) is 0. The van der Waals surface area contributed by atoms with Gasteiger partial charge in [0.25, 0.3) is 0 Å². The number of carbonyl (C=O) groups is 1. The molecule has 2 rings (SSSR count). The molecule has 0 bridgehead atoms. The van der Waals surface area contributed by atoms with Crippen molar-refractivity contribution in [1.82, 2.24) is 0 Å². The van der Waals surface area contributed by atoms with Crippen molar-refractivity contribution >= 4 is 17.3 Å². The molecule has 0 fully saturated rings. The minimum atomic E-state index is -0.631. The Bertz CT molecular complexity index is 920. The molecule has 0 heterocycles. The summed E-state index contributed by atoms with van der Waals surface area (Å²) >= 11 is 0. The van der Waals surface area contributed by atoms with Gasteiger partial charge in [-0.15, -0.1) is 0 Å². The highest BCUT2D eigenvalue weighted by molar-refractivity contribution is 5.87. The number of carbonyl (C=O) groups excluding carboxylic acids is 1. The molecule has 36 heavy (non-hydrogen) atoms. The first-order valence-electron chi connectivity index (χ1n) is 13.7. The van der Waals surface area contributed by atoms with Crippen LogP contribution in [0.5, 0.6) is 5.75 Å². The van der Waals surface area contributed by atoms with Crippen molar-refractivity contribution in [1.29, 1.82) is 0 Å². The quantitative estimate of drug-likeness (QED) is 0.0684. The predicted molar refractivity (Wildman–Crippen MR) is 148 cm³/mol. The van der Waals surface area contributed by atoms with E-state index in [0.717, 1.165) is 30.6 Å². The number of unbranched alkanes of at least 4 members (excludes halogenated alkanes) is 8. The number of hydrogen-bond donors (Lipinski definition) is 0. The third-order valence-corrected chi connectivity index (χ3v) is 6.02. The fourth-order valence-corrected chi connectivity index (χ4v) is 3.78. The first kappa shape index (κ1) is 29.3. The predicted octanol–water partition coefficient (Wildman–Crippen LogP) is 9.80. The Hall–Kier alpha value is -2.95. The minimum Gasteiger partial charge on any atom is -0.455 e. The number of nitrogens with zero attached hydrogens (tertiary/aromatic N) is 2. The second-order valence-corrected chi connectivity index (χ2v) is 9.46. The number of rotatable bonds is 18. The van der Waals surface area contributed by atoms with E-state index in [1.54, 1.807) is 6.92 Å². The zero-order chi connectivity index (χ0) is 26.0. The van der Waals surface area contributed by atoms with Gasteiger partial charge in [0.15, 0.2) is 0 Å². The van der Waals surface area contributed by atoms with E-state index in [-0.39, 0.29) is 0 Å². The fraction of sp³-hybridized carbons (Fsp3) is 0.516. The molecule has 0 aromatic heterocycles. The maximum absolute atomic E-state index is 12.1. The molecule has 0 radical (unpaired) electrons. The summed E-state index contributed by atoms with van der Waals surface area (Å²) in [5, 5.41) is 8.66. The van der Waals surface area contributed by atoms with Crippen LogP contribution in [-0.2, 0) is 16.0 Å². The summed E-state index contributed by atoms with van der Waals surface area (Å²) in [5.74, 6) is 0.207. The van der Waals surface area contributed by atoms with Gasteiger partial charge in [-0.05, 0) is 68.1 Å². The van der Waals surface area contributed by atoms with Gasteiger partial charge in [-0.1, -0.05) is 83.9 Å². The van der Waals surface area contributed by atoms with Crippen LogP contribution in [0.25, 0.3) is 0 Å². The monoisotopic (exact) mass is 492 g/mol. The highest BCUT2D eigenvalue weighted by Crippen LogP contribution is 2.24. The van der Waals surface area contributed by atoms with Crippen LogP contribution in [0.3, 0.4) is 0 Å². The first-order valence-corrected chi connectivity index (χ1v) is 13.7. The highest BCUT2D eigenvalue weighted by atomic mass is 16.7. The molecule has 196 valence electrons. The molecule has 0 spiro atoms. The lowest BCUT2D eigenvalue weighted by atomic mass is 10.1. The van der Waals surface area contributed by atoms with Crippen molar-refractivity contribution < 1.29 is 14.3 Å². The number of aryl methyl sites for hydroxylation is 1. The van der Waals surface area contributed by atoms with Crippen LogP contribution in [0.2, 0.25) is 0 Å². The van der Waals surface area contributed by atoms with E-state index in [0.29, 0.717) is 17.7 Å².